The normalized spacial score (nSPS) is 52.1. The Morgan fingerprint density at radius 3 is 2.75 bits per heavy atom. The number of rotatable bonds is 1. The number of fused-ring (bicyclic) bond motifs is 1. The zero-order chi connectivity index (χ0) is 12.0. The summed E-state index contributed by atoms with van der Waals surface area (Å²) in [6.45, 7) is 4.36. The minimum Gasteiger partial charge on any atom is -0.381 e. The summed E-state index contributed by atoms with van der Waals surface area (Å²) in [5.41, 5.74) is -1.02. The van der Waals surface area contributed by atoms with Gasteiger partial charge in [-0.25, -0.2) is 0 Å². The molecule has 0 aromatic heterocycles. The van der Waals surface area contributed by atoms with Crippen LogP contribution in [0.4, 0.5) is 0 Å². The van der Waals surface area contributed by atoms with Crippen LogP contribution in [0.2, 0.25) is 0 Å². The van der Waals surface area contributed by atoms with E-state index in [1.807, 2.05) is 0 Å². The predicted molar refractivity (Wildman–Crippen MR) is 63.8 cm³/mol. The van der Waals surface area contributed by atoms with Crippen molar-refractivity contribution in [2.75, 3.05) is 7.11 Å². The smallest absolute Gasteiger partial charge is 0.131 e. The first-order valence-electron chi connectivity index (χ1n) is 6.20. The van der Waals surface area contributed by atoms with E-state index in [0.29, 0.717) is 17.9 Å². The maximum Gasteiger partial charge on any atom is 0.131 e. The van der Waals surface area contributed by atoms with Crippen molar-refractivity contribution in [3.05, 3.63) is 0 Å². The molecule has 16 heavy (non-hydrogen) atoms. The van der Waals surface area contributed by atoms with Gasteiger partial charge in [-0.3, -0.25) is 0 Å². The Kier molecular flexibility index (Phi) is 2.80. The van der Waals surface area contributed by atoms with Crippen molar-refractivity contribution in [3.63, 3.8) is 0 Å². The molecule has 2 saturated carbocycles. The molecule has 2 aliphatic rings. The molecule has 1 N–H and O–H groups in total. The van der Waals surface area contributed by atoms with Gasteiger partial charge >= 0.3 is 0 Å². The number of methoxy groups -OCH3 is 1. The van der Waals surface area contributed by atoms with E-state index in [4.69, 9.17) is 11.2 Å². The highest BCUT2D eigenvalue weighted by Gasteiger charge is 2.60. The van der Waals surface area contributed by atoms with Crippen LogP contribution in [0.5, 0.6) is 0 Å². The van der Waals surface area contributed by atoms with Crippen LogP contribution in [0.25, 0.3) is 0 Å². The third-order valence-corrected chi connectivity index (χ3v) is 5.14. The molecular formula is C14H22O2. The van der Waals surface area contributed by atoms with Gasteiger partial charge in [-0.15, -0.1) is 6.42 Å². The Balaban J connectivity index is 2.29. The second-order valence-electron chi connectivity index (χ2n) is 5.84. The molecule has 0 saturated heterocycles. The van der Waals surface area contributed by atoms with Crippen LogP contribution in [-0.2, 0) is 4.74 Å². The molecule has 2 heteroatoms. The molecular weight excluding hydrogens is 200 g/mol. The monoisotopic (exact) mass is 222 g/mol. The number of aliphatic hydroxyl groups is 1. The number of terminal acetylenes is 1. The van der Waals surface area contributed by atoms with Crippen LogP contribution in [-0.4, -0.2) is 23.9 Å². The average molecular weight is 222 g/mol. The van der Waals surface area contributed by atoms with Crippen LogP contribution in [0, 0.1) is 29.6 Å². The zero-order valence-corrected chi connectivity index (χ0v) is 10.5. The summed E-state index contributed by atoms with van der Waals surface area (Å²) in [6.07, 6.45) is 9.67. The molecule has 0 aromatic rings. The second kappa shape index (κ2) is 3.75. The first kappa shape index (κ1) is 12.0. The van der Waals surface area contributed by atoms with Crippen LogP contribution < -0.4 is 0 Å². The third kappa shape index (κ3) is 1.42. The summed E-state index contributed by atoms with van der Waals surface area (Å²) in [6, 6.07) is 0. The van der Waals surface area contributed by atoms with Crippen molar-refractivity contribution in [1.82, 2.24) is 0 Å². The van der Waals surface area contributed by atoms with Gasteiger partial charge in [0.15, 0.2) is 0 Å². The largest absolute Gasteiger partial charge is 0.381 e. The van der Waals surface area contributed by atoms with E-state index in [2.05, 4.69) is 19.8 Å². The van der Waals surface area contributed by atoms with Crippen LogP contribution in [0.15, 0.2) is 0 Å². The van der Waals surface area contributed by atoms with E-state index in [9.17, 15) is 5.11 Å². The van der Waals surface area contributed by atoms with E-state index in [1.54, 1.807) is 7.11 Å². The van der Waals surface area contributed by atoms with Crippen molar-refractivity contribution >= 4 is 0 Å². The van der Waals surface area contributed by atoms with Crippen molar-refractivity contribution in [3.8, 4) is 12.3 Å². The molecule has 0 aromatic carbocycles. The lowest BCUT2D eigenvalue weighted by Crippen LogP contribution is -2.47. The lowest BCUT2D eigenvalue weighted by atomic mass is 9.62. The van der Waals surface area contributed by atoms with Crippen LogP contribution in [0.1, 0.15) is 39.5 Å². The van der Waals surface area contributed by atoms with Crippen molar-refractivity contribution in [1.29, 1.82) is 0 Å². The number of hydrogen-bond donors (Lipinski definition) is 1. The summed E-state index contributed by atoms with van der Waals surface area (Å²) in [5.74, 6) is 3.64. The van der Waals surface area contributed by atoms with Gasteiger partial charge in [0, 0.05) is 12.5 Å². The Labute approximate surface area is 98.4 Å². The van der Waals surface area contributed by atoms with Gasteiger partial charge in [0.05, 0.1) is 6.10 Å². The highest BCUT2D eigenvalue weighted by atomic mass is 16.5. The fraction of sp³-hybridized carbons (Fsp3) is 0.857. The molecule has 90 valence electrons. The van der Waals surface area contributed by atoms with Gasteiger partial charge in [0.25, 0.3) is 0 Å². The summed E-state index contributed by atoms with van der Waals surface area (Å²) < 4.78 is 5.46. The van der Waals surface area contributed by atoms with Gasteiger partial charge < -0.3 is 9.84 Å². The summed E-state index contributed by atoms with van der Waals surface area (Å²) in [5, 5.41) is 10.6. The molecule has 2 fully saturated rings. The summed E-state index contributed by atoms with van der Waals surface area (Å²) >= 11 is 0. The SMILES string of the molecule is C#CC1(O)CC(C)C2CC(OC)CCC21C. The molecule has 0 bridgehead atoms. The molecule has 5 unspecified atom stereocenters. The van der Waals surface area contributed by atoms with Crippen molar-refractivity contribution < 1.29 is 9.84 Å². The standard InChI is InChI=1S/C14H22O2/c1-5-14(15)9-10(2)12-8-11(16-4)6-7-13(12,14)3/h1,10-12,15H,6-9H2,2-4H3. The number of ether oxygens (including phenoxy) is 1. The van der Waals surface area contributed by atoms with Gasteiger partial charge in [0.2, 0.25) is 0 Å². The minimum atomic E-state index is -0.907. The fourth-order valence-corrected chi connectivity index (χ4v) is 3.96. The summed E-state index contributed by atoms with van der Waals surface area (Å²) in [7, 11) is 1.78. The third-order valence-electron chi connectivity index (χ3n) is 5.14. The maximum atomic E-state index is 10.6. The molecule has 0 radical (unpaired) electrons. The van der Waals surface area contributed by atoms with Crippen molar-refractivity contribution in [2.45, 2.75) is 51.2 Å². The molecule has 2 nitrogen and oxygen atoms in total. The van der Waals surface area contributed by atoms with E-state index in [0.717, 1.165) is 25.7 Å². The minimum absolute atomic E-state index is 0.115. The summed E-state index contributed by atoms with van der Waals surface area (Å²) in [4.78, 5) is 0. The first-order chi connectivity index (χ1) is 7.47. The van der Waals surface area contributed by atoms with Crippen molar-refractivity contribution in [2.24, 2.45) is 17.3 Å². The quantitative estimate of drug-likeness (QED) is 0.689. The Morgan fingerprint density at radius 1 is 1.50 bits per heavy atom. The maximum absolute atomic E-state index is 10.6. The lowest BCUT2D eigenvalue weighted by molar-refractivity contribution is -0.0738. The average Bonchev–Trinajstić information content (AvgIpc) is 2.47. The molecule has 5 atom stereocenters. The van der Waals surface area contributed by atoms with Gasteiger partial charge in [-0.1, -0.05) is 19.8 Å². The van der Waals surface area contributed by atoms with Crippen LogP contribution in [0.3, 0.4) is 0 Å². The Hall–Kier alpha value is -0.520. The van der Waals surface area contributed by atoms with E-state index in [1.165, 1.54) is 0 Å². The molecule has 0 heterocycles. The highest BCUT2D eigenvalue weighted by molar-refractivity contribution is 5.22. The van der Waals surface area contributed by atoms with E-state index in [-0.39, 0.29) is 5.41 Å². The lowest BCUT2D eigenvalue weighted by Gasteiger charge is -2.45. The second-order valence-corrected chi connectivity index (χ2v) is 5.84. The first-order valence-corrected chi connectivity index (χ1v) is 6.20. The molecule has 0 spiro atoms. The van der Waals surface area contributed by atoms with E-state index < -0.39 is 5.60 Å². The molecule has 2 rings (SSSR count). The molecule has 2 aliphatic carbocycles. The Bertz CT molecular complexity index is 319. The highest BCUT2D eigenvalue weighted by Crippen LogP contribution is 2.59. The van der Waals surface area contributed by atoms with Gasteiger partial charge in [-0.2, -0.15) is 0 Å². The molecule has 0 aliphatic heterocycles. The predicted octanol–water partition coefficient (Wildman–Crippen LogP) is 2.21. The van der Waals surface area contributed by atoms with Crippen LogP contribution >= 0.6 is 0 Å². The zero-order valence-electron chi connectivity index (χ0n) is 10.5. The fourth-order valence-electron chi connectivity index (χ4n) is 3.96. The van der Waals surface area contributed by atoms with Gasteiger partial charge in [-0.05, 0) is 37.5 Å². The van der Waals surface area contributed by atoms with E-state index >= 15 is 0 Å². The number of hydrogen-bond acceptors (Lipinski definition) is 2. The van der Waals surface area contributed by atoms with Gasteiger partial charge in [0.1, 0.15) is 5.60 Å². The topological polar surface area (TPSA) is 29.5 Å². The Morgan fingerprint density at radius 2 is 2.19 bits per heavy atom. The molecule has 0 amide bonds.